The van der Waals surface area contributed by atoms with E-state index < -0.39 is 0 Å². The van der Waals surface area contributed by atoms with Gasteiger partial charge in [0.2, 0.25) is 0 Å². The highest BCUT2D eigenvalue weighted by Gasteiger charge is 2.02. The first-order valence-corrected chi connectivity index (χ1v) is 4.66. The zero-order valence-corrected chi connectivity index (χ0v) is 7.68. The van der Waals surface area contributed by atoms with Crippen LogP contribution in [0.1, 0.15) is 39.0 Å². The van der Waals surface area contributed by atoms with Gasteiger partial charge >= 0.3 is 0 Å². The monoisotopic (exact) mass is 155 g/mol. The van der Waals surface area contributed by atoms with Crippen LogP contribution in [0.5, 0.6) is 0 Å². The molecule has 11 heavy (non-hydrogen) atoms. The highest BCUT2D eigenvalue weighted by molar-refractivity contribution is 4.72. The molecule has 0 aromatic heterocycles. The summed E-state index contributed by atoms with van der Waals surface area (Å²) in [5.74, 6) is 0.846. The van der Waals surface area contributed by atoms with Gasteiger partial charge in [-0.15, -0.1) is 6.58 Å². The second kappa shape index (κ2) is 7.80. The summed E-state index contributed by atoms with van der Waals surface area (Å²) >= 11 is 0. The highest BCUT2D eigenvalue weighted by Crippen LogP contribution is 2.16. The SMILES string of the molecule is C=CCC(CC)CCCCN. The molecule has 0 radical (unpaired) electrons. The number of hydrogen-bond donors (Lipinski definition) is 1. The predicted molar refractivity (Wildman–Crippen MR) is 51.5 cm³/mol. The third-order valence-corrected chi connectivity index (χ3v) is 2.14. The van der Waals surface area contributed by atoms with Crippen molar-refractivity contribution in [3.63, 3.8) is 0 Å². The molecule has 0 aliphatic rings. The number of rotatable bonds is 7. The van der Waals surface area contributed by atoms with Crippen molar-refractivity contribution in [1.29, 1.82) is 0 Å². The quantitative estimate of drug-likeness (QED) is 0.444. The van der Waals surface area contributed by atoms with Crippen LogP contribution in [0.25, 0.3) is 0 Å². The summed E-state index contributed by atoms with van der Waals surface area (Å²) in [6.07, 6.45) is 8.24. The predicted octanol–water partition coefficient (Wildman–Crippen LogP) is 2.72. The maximum atomic E-state index is 5.41. The Morgan fingerprint density at radius 3 is 2.64 bits per heavy atom. The van der Waals surface area contributed by atoms with Crippen molar-refractivity contribution in [2.75, 3.05) is 6.54 Å². The molecule has 0 aliphatic carbocycles. The van der Waals surface area contributed by atoms with Gasteiger partial charge < -0.3 is 5.73 Å². The van der Waals surface area contributed by atoms with Gasteiger partial charge in [-0.25, -0.2) is 0 Å². The summed E-state index contributed by atoms with van der Waals surface area (Å²) in [7, 11) is 0. The lowest BCUT2D eigenvalue weighted by molar-refractivity contribution is 0.453. The molecule has 1 atom stereocenters. The average Bonchev–Trinajstić information content (AvgIpc) is 2.03. The summed E-state index contributed by atoms with van der Waals surface area (Å²) in [6, 6.07) is 0. The van der Waals surface area contributed by atoms with Gasteiger partial charge in [-0.1, -0.05) is 32.3 Å². The molecule has 0 amide bonds. The largest absolute Gasteiger partial charge is 0.330 e. The molecule has 0 fully saturated rings. The van der Waals surface area contributed by atoms with Crippen molar-refractivity contribution in [2.45, 2.75) is 39.0 Å². The van der Waals surface area contributed by atoms with E-state index in [0.717, 1.165) is 12.5 Å². The van der Waals surface area contributed by atoms with Crippen molar-refractivity contribution >= 4 is 0 Å². The molecular weight excluding hydrogens is 134 g/mol. The molecule has 0 aromatic carbocycles. The maximum absolute atomic E-state index is 5.41. The summed E-state index contributed by atoms with van der Waals surface area (Å²) in [4.78, 5) is 0. The van der Waals surface area contributed by atoms with E-state index in [-0.39, 0.29) is 0 Å². The van der Waals surface area contributed by atoms with E-state index in [1.807, 2.05) is 6.08 Å². The zero-order chi connectivity index (χ0) is 8.53. The van der Waals surface area contributed by atoms with Crippen molar-refractivity contribution in [3.05, 3.63) is 12.7 Å². The zero-order valence-electron chi connectivity index (χ0n) is 7.68. The van der Waals surface area contributed by atoms with Crippen LogP contribution in [-0.4, -0.2) is 6.54 Å². The molecule has 1 heteroatoms. The van der Waals surface area contributed by atoms with Crippen LogP contribution >= 0.6 is 0 Å². The van der Waals surface area contributed by atoms with E-state index in [4.69, 9.17) is 5.73 Å². The first-order valence-electron chi connectivity index (χ1n) is 4.66. The highest BCUT2D eigenvalue weighted by atomic mass is 14.5. The van der Waals surface area contributed by atoms with Crippen LogP contribution in [0.3, 0.4) is 0 Å². The van der Waals surface area contributed by atoms with E-state index in [2.05, 4.69) is 13.5 Å². The van der Waals surface area contributed by atoms with Gasteiger partial charge in [0.1, 0.15) is 0 Å². The molecule has 0 saturated carbocycles. The van der Waals surface area contributed by atoms with Crippen LogP contribution in [-0.2, 0) is 0 Å². The third-order valence-electron chi connectivity index (χ3n) is 2.14. The minimum atomic E-state index is 0.838. The van der Waals surface area contributed by atoms with E-state index in [0.29, 0.717) is 0 Å². The first kappa shape index (κ1) is 10.7. The van der Waals surface area contributed by atoms with E-state index in [1.54, 1.807) is 0 Å². The van der Waals surface area contributed by atoms with Crippen molar-refractivity contribution in [2.24, 2.45) is 11.7 Å². The Morgan fingerprint density at radius 1 is 1.45 bits per heavy atom. The summed E-state index contributed by atoms with van der Waals surface area (Å²) < 4.78 is 0. The molecule has 0 saturated heterocycles. The van der Waals surface area contributed by atoms with E-state index >= 15 is 0 Å². The lowest BCUT2D eigenvalue weighted by Crippen LogP contribution is -2.01. The van der Waals surface area contributed by atoms with Crippen molar-refractivity contribution < 1.29 is 0 Å². The van der Waals surface area contributed by atoms with Gasteiger partial charge in [-0.2, -0.15) is 0 Å². The topological polar surface area (TPSA) is 26.0 Å². The fraction of sp³-hybridized carbons (Fsp3) is 0.800. The molecule has 1 nitrogen and oxygen atoms in total. The molecular formula is C10H21N. The molecule has 66 valence electrons. The molecule has 0 spiro atoms. The Balaban J connectivity index is 3.27. The molecule has 0 aliphatic heterocycles. The number of allylic oxidation sites excluding steroid dienone is 1. The second-order valence-electron chi connectivity index (χ2n) is 3.08. The number of hydrogen-bond acceptors (Lipinski definition) is 1. The minimum Gasteiger partial charge on any atom is -0.330 e. The van der Waals surface area contributed by atoms with Gasteiger partial charge in [-0.05, 0) is 25.3 Å². The lowest BCUT2D eigenvalue weighted by Gasteiger charge is -2.10. The second-order valence-corrected chi connectivity index (χ2v) is 3.08. The average molecular weight is 155 g/mol. The minimum absolute atomic E-state index is 0.838. The van der Waals surface area contributed by atoms with E-state index in [1.165, 1.54) is 32.1 Å². The Kier molecular flexibility index (Phi) is 7.59. The first-order chi connectivity index (χ1) is 5.35. The Bertz CT molecular complexity index is 88.9. The molecule has 0 bridgehead atoms. The van der Waals surface area contributed by atoms with Gasteiger partial charge in [0.25, 0.3) is 0 Å². The summed E-state index contributed by atoms with van der Waals surface area (Å²) in [5, 5.41) is 0. The standard InChI is InChI=1S/C10H21N/c1-3-7-10(4-2)8-5-6-9-11/h3,10H,1,4-9,11H2,2H3. The Labute approximate surface area is 70.7 Å². The van der Waals surface area contributed by atoms with Gasteiger partial charge in [-0.3, -0.25) is 0 Å². The van der Waals surface area contributed by atoms with Gasteiger partial charge in [0.15, 0.2) is 0 Å². The molecule has 0 heterocycles. The summed E-state index contributed by atoms with van der Waals surface area (Å²) in [6.45, 7) is 6.84. The lowest BCUT2D eigenvalue weighted by atomic mass is 9.96. The number of unbranched alkanes of at least 4 members (excludes halogenated alkanes) is 1. The Hall–Kier alpha value is -0.300. The molecule has 1 unspecified atom stereocenters. The van der Waals surface area contributed by atoms with E-state index in [9.17, 15) is 0 Å². The molecule has 0 rings (SSSR count). The van der Waals surface area contributed by atoms with Crippen LogP contribution in [0.15, 0.2) is 12.7 Å². The smallest absolute Gasteiger partial charge is 0.00773 e. The third kappa shape index (κ3) is 6.11. The number of nitrogens with two attached hydrogens (primary N) is 1. The van der Waals surface area contributed by atoms with Crippen LogP contribution in [0.2, 0.25) is 0 Å². The van der Waals surface area contributed by atoms with Crippen LogP contribution < -0.4 is 5.73 Å². The Morgan fingerprint density at radius 2 is 2.18 bits per heavy atom. The van der Waals surface area contributed by atoms with Crippen molar-refractivity contribution in [3.8, 4) is 0 Å². The van der Waals surface area contributed by atoms with Gasteiger partial charge in [0.05, 0.1) is 0 Å². The fourth-order valence-corrected chi connectivity index (χ4v) is 1.30. The van der Waals surface area contributed by atoms with Crippen LogP contribution in [0, 0.1) is 5.92 Å². The molecule has 0 aromatic rings. The van der Waals surface area contributed by atoms with Crippen LogP contribution in [0.4, 0.5) is 0 Å². The molecule has 2 N–H and O–H groups in total. The maximum Gasteiger partial charge on any atom is -0.00773 e. The normalized spacial score (nSPS) is 12.9. The van der Waals surface area contributed by atoms with Gasteiger partial charge in [0, 0.05) is 0 Å². The van der Waals surface area contributed by atoms with Crippen molar-refractivity contribution in [1.82, 2.24) is 0 Å². The fourth-order valence-electron chi connectivity index (χ4n) is 1.30. The summed E-state index contributed by atoms with van der Waals surface area (Å²) in [5.41, 5.74) is 5.41.